The molecule has 0 atom stereocenters. The largest absolute Gasteiger partial charge is 0.322 e. The Balaban J connectivity index is 1.74. The Kier molecular flexibility index (Phi) is 5.76. The normalized spacial score (nSPS) is 10.9. The number of nitro benzene ring substituents is 1. The lowest BCUT2D eigenvalue weighted by molar-refractivity contribution is -0.384. The van der Waals surface area contributed by atoms with Gasteiger partial charge in [0.1, 0.15) is 5.02 Å². The van der Waals surface area contributed by atoms with E-state index in [-0.39, 0.29) is 21.2 Å². The highest BCUT2D eigenvalue weighted by molar-refractivity contribution is 7.92. The first-order valence-corrected chi connectivity index (χ1v) is 9.90. The van der Waals surface area contributed by atoms with Crippen molar-refractivity contribution in [3.63, 3.8) is 0 Å². The molecule has 0 saturated carbocycles. The number of nitrogens with one attached hydrogen (secondary N) is 2. The van der Waals surface area contributed by atoms with Gasteiger partial charge in [-0.15, -0.1) is 0 Å². The van der Waals surface area contributed by atoms with Crippen molar-refractivity contribution in [3.8, 4) is 0 Å². The molecule has 0 radical (unpaired) electrons. The van der Waals surface area contributed by atoms with Crippen LogP contribution in [0.2, 0.25) is 5.02 Å². The van der Waals surface area contributed by atoms with E-state index < -0.39 is 20.9 Å². The minimum absolute atomic E-state index is 0.0125. The lowest BCUT2D eigenvalue weighted by atomic mass is 10.2. The molecule has 11 heteroatoms. The van der Waals surface area contributed by atoms with Gasteiger partial charge in [-0.2, -0.15) is 0 Å². The molecule has 2 N–H and O–H groups in total. The van der Waals surface area contributed by atoms with Crippen LogP contribution in [-0.4, -0.2) is 24.2 Å². The highest BCUT2D eigenvalue weighted by atomic mass is 35.5. The molecular formula is C18H13ClN4O5S. The molecule has 1 aromatic heterocycles. The number of hydrogen-bond acceptors (Lipinski definition) is 6. The van der Waals surface area contributed by atoms with Crippen LogP contribution < -0.4 is 10.0 Å². The molecule has 3 aromatic rings. The fraction of sp³-hybridized carbons (Fsp3) is 0. The second-order valence-corrected chi connectivity index (χ2v) is 7.84. The van der Waals surface area contributed by atoms with Crippen molar-refractivity contribution in [2.75, 3.05) is 10.0 Å². The number of halogens is 1. The first kappa shape index (κ1) is 20.2. The van der Waals surface area contributed by atoms with E-state index in [1.54, 1.807) is 12.1 Å². The number of nitrogens with zero attached hydrogens (tertiary/aromatic N) is 2. The average Bonchev–Trinajstić information content (AvgIpc) is 2.69. The number of rotatable bonds is 6. The zero-order valence-electron chi connectivity index (χ0n) is 14.6. The van der Waals surface area contributed by atoms with Crippen LogP contribution in [0.1, 0.15) is 10.4 Å². The maximum Gasteiger partial charge on any atom is 0.288 e. The predicted molar refractivity (Wildman–Crippen MR) is 108 cm³/mol. The molecule has 0 aliphatic heterocycles. The van der Waals surface area contributed by atoms with Crippen LogP contribution >= 0.6 is 11.6 Å². The van der Waals surface area contributed by atoms with E-state index in [4.69, 9.17) is 11.6 Å². The number of anilines is 2. The lowest BCUT2D eigenvalue weighted by Gasteiger charge is -2.09. The van der Waals surface area contributed by atoms with Crippen molar-refractivity contribution in [2.45, 2.75) is 4.90 Å². The Labute approximate surface area is 170 Å². The summed E-state index contributed by atoms with van der Waals surface area (Å²) in [5.41, 5.74) is 0.278. The third-order valence-electron chi connectivity index (χ3n) is 3.74. The molecular weight excluding hydrogens is 420 g/mol. The van der Waals surface area contributed by atoms with E-state index >= 15 is 0 Å². The molecule has 0 aliphatic carbocycles. The Morgan fingerprint density at radius 3 is 2.41 bits per heavy atom. The maximum absolute atomic E-state index is 12.4. The summed E-state index contributed by atoms with van der Waals surface area (Å²) in [7, 11) is -3.82. The van der Waals surface area contributed by atoms with Crippen LogP contribution in [0.5, 0.6) is 0 Å². The summed E-state index contributed by atoms with van der Waals surface area (Å²) in [6, 6.07) is 12.3. The Morgan fingerprint density at radius 1 is 1.07 bits per heavy atom. The molecule has 29 heavy (non-hydrogen) atoms. The van der Waals surface area contributed by atoms with Crippen LogP contribution in [0.25, 0.3) is 0 Å². The van der Waals surface area contributed by atoms with Crippen LogP contribution in [0.4, 0.5) is 17.1 Å². The Bertz CT molecular complexity index is 1170. The first-order chi connectivity index (χ1) is 13.8. The Morgan fingerprint density at radius 2 is 1.79 bits per heavy atom. The maximum atomic E-state index is 12.4. The van der Waals surface area contributed by atoms with Crippen molar-refractivity contribution in [1.29, 1.82) is 0 Å². The van der Waals surface area contributed by atoms with Crippen LogP contribution in [0.15, 0.2) is 71.9 Å². The lowest BCUT2D eigenvalue weighted by Crippen LogP contribution is -2.14. The number of carbonyl (C=O) groups is 1. The van der Waals surface area contributed by atoms with Crippen LogP contribution in [0.3, 0.4) is 0 Å². The third-order valence-corrected chi connectivity index (χ3v) is 5.46. The molecule has 0 saturated heterocycles. The number of aromatic nitrogens is 1. The quantitative estimate of drug-likeness (QED) is 0.451. The first-order valence-electron chi connectivity index (χ1n) is 8.04. The summed E-state index contributed by atoms with van der Waals surface area (Å²) < 4.78 is 27.2. The molecule has 9 nitrogen and oxygen atoms in total. The number of pyridine rings is 1. The number of carbonyl (C=O) groups excluding carboxylic acids is 1. The molecule has 0 unspecified atom stereocenters. The number of hydrogen-bond donors (Lipinski definition) is 2. The highest BCUT2D eigenvalue weighted by Crippen LogP contribution is 2.25. The molecule has 0 aliphatic rings. The predicted octanol–water partition coefficient (Wildman–Crippen LogP) is 3.70. The van der Waals surface area contributed by atoms with Crippen LogP contribution in [-0.2, 0) is 10.0 Å². The second kappa shape index (κ2) is 8.25. The molecule has 0 fully saturated rings. The van der Waals surface area contributed by atoms with Gasteiger partial charge >= 0.3 is 0 Å². The van der Waals surface area contributed by atoms with Gasteiger partial charge in [0.25, 0.3) is 21.6 Å². The van der Waals surface area contributed by atoms with Crippen molar-refractivity contribution < 1.29 is 18.1 Å². The van der Waals surface area contributed by atoms with Gasteiger partial charge in [0.05, 0.1) is 21.7 Å². The summed E-state index contributed by atoms with van der Waals surface area (Å²) in [4.78, 5) is 26.4. The molecule has 2 aromatic carbocycles. The van der Waals surface area contributed by atoms with E-state index in [0.717, 1.165) is 6.07 Å². The second-order valence-electron chi connectivity index (χ2n) is 5.75. The minimum Gasteiger partial charge on any atom is -0.322 e. The minimum atomic E-state index is -3.82. The van der Waals surface area contributed by atoms with E-state index in [1.165, 1.54) is 48.8 Å². The summed E-state index contributed by atoms with van der Waals surface area (Å²) in [6.07, 6.45) is 2.89. The zero-order chi connectivity index (χ0) is 21.0. The van der Waals surface area contributed by atoms with Gasteiger partial charge in [-0.25, -0.2) is 8.42 Å². The van der Waals surface area contributed by atoms with E-state index in [9.17, 15) is 23.3 Å². The third kappa shape index (κ3) is 4.86. The average molecular weight is 433 g/mol. The molecule has 3 rings (SSSR count). The van der Waals surface area contributed by atoms with Gasteiger partial charge in [0, 0.05) is 23.5 Å². The number of nitro groups is 1. The number of sulfonamides is 1. The topological polar surface area (TPSA) is 131 Å². The number of benzene rings is 2. The molecule has 0 spiro atoms. The summed E-state index contributed by atoms with van der Waals surface area (Å²) in [5.74, 6) is -0.603. The van der Waals surface area contributed by atoms with Gasteiger partial charge < -0.3 is 5.32 Å². The standard InChI is InChI=1S/C18H13ClN4O5S/c19-16-8-3-12(10-17(16)23(25)26)18(24)21-13-4-6-15(7-5-13)29(27,28)22-14-2-1-9-20-11-14/h1-11,22H,(H,21,24). The van der Waals surface area contributed by atoms with E-state index in [1.807, 2.05) is 0 Å². The fourth-order valence-corrected chi connectivity index (χ4v) is 3.58. The fourth-order valence-electron chi connectivity index (χ4n) is 2.35. The SMILES string of the molecule is O=C(Nc1ccc(S(=O)(=O)Nc2cccnc2)cc1)c1ccc(Cl)c([N+](=O)[O-])c1. The van der Waals surface area contributed by atoms with Gasteiger partial charge in [0.15, 0.2) is 0 Å². The van der Waals surface area contributed by atoms with Crippen LogP contribution in [0, 0.1) is 10.1 Å². The van der Waals surface area contributed by atoms with Gasteiger partial charge in [-0.1, -0.05) is 11.6 Å². The summed E-state index contributed by atoms with van der Waals surface area (Å²) >= 11 is 5.73. The molecule has 1 amide bonds. The van der Waals surface area contributed by atoms with E-state index in [2.05, 4.69) is 15.0 Å². The van der Waals surface area contributed by atoms with Gasteiger partial charge in [-0.05, 0) is 48.5 Å². The van der Waals surface area contributed by atoms with Crippen molar-refractivity contribution >= 4 is 44.6 Å². The summed E-state index contributed by atoms with van der Waals surface area (Å²) in [6.45, 7) is 0. The molecule has 148 valence electrons. The van der Waals surface area contributed by atoms with Crippen molar-refractivity contribution in [3.05, 3.63) is 87.7 Å². The van der Waals surface area contributed by atoms with Gasteiger partial charge in [0.2, 0.25) is 0 Å². The number of amides is 1. The van der Waals surface area contributed by atoms with E-state index in [0.29, 0.717) is 11.4 Å². The highest BCUT2D eigenvalue weighted by Gasteiger charge is 2.17. The van der Waals surface area contributed by atoms with Crippen molar-refractivity contribution in [2.24, 2.45) is 0 Å². The van der Waals surface area contributed by atoms with Gasteiger partial charge in [-0.3, -0.25) is 24.6 Å². The Hall–Kier alpha value is -3.50. The monoisotopic (exact) mass is 432 g/mol. The summed E-state index contributed by atoms with van der Waals surface area (Å²) in [5, 5.41) is 13.4. The van der Waals surface area contributed by atoms with Crippen molar-refractivity contribution in [1.82, 2.24) is 4.98 Å². The molecule has 1 heterocycles. The molecule has 0 bridgehead atoms. The smallest absolute Gasteiger partial charge is 0.288 e. The zero-order valence-corrected chi connectivity index (χ0v) is 16.1.